The summed E-state index contributed by atoms with van der Waals surface area (Å²) in [6, 6.07) is 1.73. The number of aryl methyl sites for hydroxylation is 1. The maximum absolute atomic E-state index is 13.0. The van der Waals surface area contributed by atoms with Gasteiger partial charge in [0.1, 0.15) is 17.3 Å². The molecule has 2 atom stereocenters. The lowest BCUT2D eigenvalue weighted by Gasteiger charge is -2.36. The van der Waals surface area contributed by atoms with Crippen molar-refractivity contribution in [2.45, 2.75) is 245 Å². The number of hydrogen-bond donors (Lipinski definition) is 1. The first kappa shape index (κ1) is 138. The van der Waals surface area contributed by atoms with Crippen LogP contribution in [-0.4, -0.2) is 526 Å². The van der Waals surface area contributed by atoms with E-state index < -0.39 is 40.1 Å². The van der Waals surface area contributed by atoms with Gasteiger partial charge in [-0.15, -0.1) is 10.2 Å². The van der Waals surface area contributed by atoms with Gasteiger partial charge in [0.05, 0.1) is 51.5 Å². The Bertz CT molecular complexity index is 3050. The summed E-state index contributed by atoms with van der Waals surface area (Å²) in [5, 5.41) is 16.7. The summed E-state index contributed by atoms with van der Waals surface area (Å²) < 4.78 is 91.4. The van der Waals surface area contributed by atoms with Crippen molar-refractivity contribution in [3.8, 4) is 0 Å². The van der Waals surface area contributed by atoms with Gasteiger partial charge in [-0.25, -0.2) is 4.39 Å². The minimum Gasteiger partial charge on any atom is -0.396 e. The standard InChI is InChI=1S/C10H18N2O.C8H16N2.C8H18N2.C8H15NO2.C7H14FN.C7H12N4.C7H13N.C6H14N2.C6H13NOS.C6H14O.C5H7F4N.C5H11NO.C5H11NS.C5H11N.C2H6.6CH4/c1-11-6-3-10(4-7-11)5-8-12(2)9(10)13;1-9-5-7-3-4-8(6-9)10(7)2;1-3-4-10-7-5-9(2)6-8-10;1-9-4-2-8(3-5-9)10-6-7-11-8;1-7(8)3-5-9(2)6-4-7;1-6-8-9-7-5-10(2)3-4-11(6)7;2*1-7-3-5-8(2)6-4-7;1-7-3-5-9(2,8)6-4-7;1-4-6(2,3)5-7;1-10-2-4(6,7)5(8,9)3-10;2*1-6-2-4-7-5-3-6;1-6-4-2-3-5-6;1-2;;;;;;/h3-8H2,1-2H3;7-8H,3-6H2,1-2H3;3-8H2,1-2H3;2-7H2,1H3;3-6H2,1-2H3;3-5H2,1-2H3;1,3-6H2,2H3;3-6H2,1-2H3;2-6H2,1H3;7H,4-5H2,1-3H3;2-3H2,1H3;2*2-5H2,1H3;2-5H2,1H3;1-2H3;6*1H4/t;7-,8+;;;;;;;;;;;;;;;;;;;. The Kier molecular flexibility index (Phi) is 74.0. The second-order valence-electron chi connectivity index (χ2n) is 40.1. The molecular weight excluding hydrogens is 1750 g/mol. The number of thioether (sulfide) groups is 1. The van der Waals surface area contributed by atoms with Gasteiger partial charge in [-0.05, 0) is 257 Å². The van der Waals surface area contributed by atoms with Crippen LogP contribution in [-0.2, 0) is 41.6 Å². The Balaban J connectivity index is -0.000000678. The number of ether oxygens (including phenoxy) is 3. The predicted octanol–water partition coefficient (Wildman–Crippen LogP) is 13.1. The average molecular weight is 1970 g/mol. The summed E-state index contributed by atoms with van der Waals surface area (Å²) >= 11 is 2.06. The number of carbonyl (C=O) groups excluding carboxylic acids is 1. The van der Waals surface area contributed by atoms with E-state index in [1.54, 1.807) is 6.92 Å². The zero-order chi connectivity index (χ0) is 95.9. The first-order valence-corrected chi connectivity index (χ1v) is 52.1. The molecule has 33 heteroatoms. The van der Waals surface area contributed by atoms with Crippen molar-refractivity contribution < 1.29 is 50.3 Å². The Labute approximate surface area is 827 Å². The lowest BCUT2D eigenvalue weighted by Crippen LogP contribution is -2.50. The fraction of sp³-hybridized carbons (Fsp3) is 0.941. The van der Waals surface area contributed by atoms with E-state index in [-0.39, 0.29) is 61.2 Å². The van der Waals surface area contributed by atoms with Gasteiger partial charge in [0.25, 0.3) is 0 Å². The fourth-order valence-corrected chi connectivity index (χ4v) is 19.0. The third-order valence-electron chi connectivity index (χ3n) is 27.3. The molecule has 15 fully saturated rings. The van der Waals surface area contributed by atoms with Gasteiger partial charge in [-0.2, -0.15) is 29.3 Å². The molecule has 17 heterocycles. The summed E-state index contributed by atoms with van der Waals surface area (Å²) in [5.74, 6) is 2.53. The number of piperidine rings is 4. The Morgan fingerprint density at radius 1 is 0.478 bits per heavy atom. The first-order chi connectivity index (χ1) is 60.2. The highest BCUT2D eigenvalue weighted by atomic mass is 32.2. The fourth-order valence-electron chi connectivity index (χ4n) is 16.4. The number of aromatic nitrogens is 3. The topological polar surface area (TPSA) is 168 Å². The summed E-state index contributed by atoms with van der Waals surface area (Å²) in [7, 11) is 31.7. The van der Waals surface area contributed by atoms with Crippen LogP contribution < -0.4 is 0 Å². The molecule has 17 rings (SSSR count). The Morgan fingerprint density at radius 2 is 0.858 bits per heavy atom. The number of aliphatic hydroxyl groups excluding tert-OH is 1. The van der Waals surface area contributed by atoms with Crippen LogP contribution in [0.1, 0.15) is 201 Å². The van der Waals surface area contributed by atoms with Crippen molar-refractivity contribution in [2.24, 2.45) is 10.8 Å². The summed E-state index contributed by atoms with van der Waals surface area (Å²) in [4.78, 5) is 50.0. The van der Waals surface area contributed by atoms with E-state index in [4.69, 9.17) is 19.3 Å². The van der Waals surface area contributed by atoms with Gasteiger partial charge >= 0.3 is 11.8 Å². The highest BCUT2D eigenvalue weighted by Crippen LogP contribution is 2.42. The number of rotatable bonds is 4. The van der Waals surface area contributed by atoms with Crippen LogP contribution in [0.2, 0.25) is 0 Å². The first-order valence-electron chi connectivity index (χ1n) is 48.9. The zero-order valence-corrected chi connectivity index (χ0v) is 87.6. The molecule has 0 aliphatic carbocycles. The molecule has 15 saturated heterocycles. The molecule has 0 aromatic carbocycles. The minimum absolute atomic E-state index is 0. The molecule has 804 valence electrons. The normalized spacial score (nSPS) is 25.3. The predicted molar refractivity (Wildman–Crippen MR) is 570 cm³/mol. The average Bonchev–Trinajstić information content (AvgIpc) is 1.64. The maximum atomic E-state index is 13.0. The van der Waals surface area contributed by atoms with E-state index in [1.807, 2.05) is 53.6 Å². The Hall–Kier alpha value is -2.43. The number of hydrogen-bond acceptors (Lipinski definition) is 25. The highest BCUT2D eigenvalue weighted by molar-refractivity contribution is 8.00. The number of halogens is 5. The summed E-state index contributed by atoms with van der Waals surface area (Å²) in [6.45, 7) is 57.8. The molecule has 2 bridgehead atoms. The molecule has 0 radical (unpaired) electrons. The maximum Gasteiger partial charge on any atom is 0.323 e. The second kappa shape index (κ2) is 71.9. The number of alkyl halides is 5. The minimum atomic E-state index is -3.85. The van der Waals surface area contributed by atoms with Gasteiger partial charge in [0.15, 0.2) is 5.79 Å². The number of amides is 1. The molecule has 1 aromatic heterocycles. The molecule has 1 aromatic rings. The van der Waals surface area contributed by atoms with Crippen molar-refractivity contribution in [2.75, 3.05) is 372 Å². The molecule has 26 nitrogen and oxygen atoms in total. The quantitative estimate of drug-likeness (QED) is 0.172. The summed E-state index contributed by atoms with van der Waals surface area (Å²) in [5.41, 5.74) is 0.705. The molecule has 134 heavy (non-hydrogen) atoms. The molecule has 0 unspecified atom stereocenters. The molecule has 2 spiro atoms. The van der Waals surface area contributed by atoms with Crippen molar-refractivity contribution >= 4 is 33.1 Å². The van der Waals surface area contributed by atoms with E-state index in [1.165, 1.54) is 180 Å². The smallest absolute Gasteiger partial charge is 0.323 e. The van der Waals surface area contributed by atoms with E-state index in [0.717, 1.165) is 197 Å². The van der Waals surface area contributed by atoms with Crippen LogP contribution in [0.25, 0.3) is 0 Å². The highest BCUT2D eigenvalue weighted by Gasteiger charge is 2.62. The largest absolute Gasteiger partial charge is 0.396 e. The van der Waals surface area contributed by atoms with Crippen molar-refractivity contribution in [1.82, 2.24) is 98.1 Å². The molecule has 0 saturated carbocycles. The van der Waals surface area contributed by atoms with Crippen LogP contribution >= 0.6 is 11.8 Å². The number of likely N-dealkylation sites (tertiary alicyclic amines) is 8. The monoisotopic (exact) mass is 1970 g/mol. The van der Waals surface area contributed by atoms with Crippen molar-refractivity contribution in [3.63, 3.8) is 0 Å². The zero-order valence-electron chi connectivity index (χ0n) is 86.0. The number of fused-ring (bicyclic) bond motifs is 3. The van der Waals surface area contributed by atoms with E-state index in [2.05, 4.69) is 218 Å². The number of piperazine rings is 3. The number of morpholine rings is 1. The number of nitrogens with zero attached hydrogens (tertiary/aromatic N) is 20. The van der Waals surface area contributed by atoms with Crippen molar-refractivity contribution in [1.29, 1.82) is 0 Å². The Morgan fingerprint density at radius 3 is 1.19 bits per heavy atom. The molecule has 16 aliphatic heterocycles. The summed E-state index contributed by atoms with van der Waals surface area (Å²) in [6.07, 6.45) is 17.1. The SMILES string of the molecule is C.C.C.C.C.C.C=C1CCN(C)CC1.C=S1(=O)CCN(C)CC1.CC.CCC(C)(C)CO.CCCN1CCN(C)CC1.CN1CC(F)(F)C(F)(F)C1.CN1CCC(C)(F)CC1.CN1CCC2(CC1)CCN(C)C2=O.CN1CCC2(CC1)OCCO2.CN1CCCC1.CN1CCN(C)CC1.CN1CCOCC1.CN1CCSCC1.CN1C[C@H]2CC[C@@H](C1)N2C.Cc1nnc2n1CCN(C)C2. The van der Waals surface area contributed by atoms with Crippen LogP contribution in [0.5, 0.6) is 0 Å². The van der Waals surface area contributed by atoms with E-state index >= 15 is 0 Å². The van der Waals surface area contributed by atoms with Gasteiger partial charge < -0.3 is 92.5 Å². The van der Waals surface area contributed by atoms with Gasteiger partial charge in [-0.3, -0.25) is 23.7 Å². The van der Waals surface area contributed by atoms with E-state index in [9.17, 15) is 31.0 Å². The van der Waals surface area contributed by atoms with Crippen LogP contribution in [0, 0.1) is 17.8 Å². The van der Waals surface area contributed by atoms with Gasteiger partial charge in [-0.1, -0.05) is 98.3 Å². The number of aliphatic hydroxyl groups is 1. The van der Waals surface area contributed by atoms with Gasteiger partial charge in [0.2, 0.25) is 5.91 Å². The third kappa shape index (κ3) is 56.6. The number of carbonyl (C=O) groups is 1. The molecule has 16 aliphatic rings. The van der Waals surface area contributed by atoms with Crippen LogP contribution in [0.15, 0.2) is 12.2 Å². The van der Waals surface area contributed by atoms with Gasteiger partial charge in [0, 0.05) is 225 Å². The molecule has 1 amide bonds. The van der Waals surface area contributed by atoms with Crippen molar-refractivity contribution in [3.05, 3.63) is 23.8 Å². The van der Waals surface area contributed by atoms with Crippen LogP contribution in [0.3, 0.4) is 0 Å². The second-order valence-corrected chi connectivity index (χ2v) is 44.1. The number of likely N-dealkylation sites (N-methyl/N-ethyl adjacent to an activating group) is 7. The lowest BCUT2D eigenvalue weighted by molar-refractivity contribution is -0.183. The third-order valence-corrected chi connectivity index (χ3v) is 30.1. The molecular formula is C101H217F5N20O6S2. The van der Waals surface area contributed by atoms with E-state index in [0.29, 0.717) is 25.4 Å². The van der Waals surface area contributed by atoms with Crippen LogP contribution in [0.4, 0.5) is 22.0 Å². The lowest BCUT2D eigenvalue weighted by atomic mass is 9.77. The molecule has 1 N–H and O–H groups in total.